The van der Waals surface area contributed by atoms with E-state index in [0.29, 0.717) is 34.8 Å². The summed E-state index contributed by atoms with van der Waals surface area (Å²) in [6, 6.07) is 4.75. The topological polar surface area (TPSA) is 70.4 Å². The number of fused-ring (bicyclic) bond motifs is 1. The summed E-state index contributed by atoms with van der Waals surface area (Å²) in [6.07, 6.45) is 0.0143. The molecule has 0 spiro atoms. The normalized spacial score (nSPS) is 19.0. The van der Waals surface area contributed by atoms with Gasteiger partial charge in [-0.3, -0.25) is 0 Å². The molecule has 0 unspecified atom stereocenters. The zero-order valence-corrected chi connectivity index (χ0v) is 13.0. The largest absolute Gasteiger partial charge is 0.493 e. The van der Waals surface area contributed by atoms with Crippen LogP contribution in [0.4, 0.5) is 0 Å². The predicted octanol–water partition coefficient (Wildman–Crippen LogP) is 2.37. The predicted molar refractivity (Wildman–Crippen MR) is 80.0 cm³/mol. The van der Waals surface area contributed by atoms with Gasteiger partial charge in [0, 0.05) is 11.5 Å². The average molecular weight is 306 g/mol. The van der Waals surface area contributed by atoms with Gasteiger partial charge in [0.05, 0.1) is 19.8 Å². The summed E-state index contributed by atoms with van der Waals surface area (Å²) >= 11 is 0. The Morgan fingerprint density at radius 2 is 1.91 bits per heavy atom. The van der Waals surface area contributed by atoms with E-state index in [2.05, 4.69) is 0 Å². The Bertz CT molecular complexity index is 761. The molecular weight excluding hydrogens is 288 g/mol. The van der Waals surface area contributed by atoms with Crippen LogP contribution in [0.1, 0.15) is 13.8 Å². The molecule has 22 heavy (non-hydrogen) atoms. The lowest BCUT2D eigenvalue weighted by Gasteiger charge is -2.15. The average Bonchev–Trinajstić information content (AvgIpc) is 3.10. The number of ether oxygens (including phenoxy) is 4. The van der Waals surface area contributed by atoms with Crippen molar-refractivity contribution in [2.75, 3.05) is 20.8 Å². The Balaban J connectivity index is 2.04. The number of benzene rings is 1. The van der Waals surface area contributed by atoms with Crippen LogP contribution in [-0.2, 0) is 4.74 Å². The molecule has 6 nitrogen and oxygen atoms in total. The summed E-state index contributed by atoms with van der Waals surface area (Å²) in [7, 11) is 3.04. The van der Waals surface area contributed by atoms with Crippen molar-refractivity contribution in [1.82, 2.24) is 0 Å². The van der Waals surface area contributed by atoms with Crippen LogP contribution >= 0.6 is 0 Å². The van der Waals surface area contributed by atoms with Crippen LogP contribution in [0, 0.1) is 0 Å². The molecule has 1 fully saturated rings. The maximum Gasteiger partial charge on any atom is 0.336 e. The third-order valence-corrected chi connectivity index (χ3v) is 3.75. The molecule has 0 aliphatic carbocycles. The Hall–Kier alpha value is -2.21. The van der Waals surface area contributed by atoms with E-state index in [1.807, 2.05) is 13.8 Å². The molecule has 1 aromatic carbocycles. The van der Waals surface area contributed by atoms with Gasteiger partial charge < -0.3 is 23.4 Å². The fourth-order valence-corrected chi connectivity index (χ4v) is 2.34. The number of methoxy groups -OCH3 is 2. The van der Waals surface area contributed by atoms with Crippen molar-refractivity contribution in [3.8, 4) is 17.2 Å². The summed E-state index contributed by atoms with van der Waals surface area (Å²) in [5.74, 6) is 1.25. The van der Waals surface area contributed by atoms with Crippen LogP contribution in [0.5, 0.6) is 17.2 Å². The van der Waals surface area contributed by atoms with Crippen LogP contribution in [0.15, 0.2) is 27.4 Å². The van der Waals surface area contributed by atoms with Gasteiger partial charge in [0.2, 0.25) is 11.5 Å². The van der Waals surface area contributed by atoms with Gasteiger partial charge in [-0.25, -0.2) is 4.79 Å². The standard InChI is InChI=1S/C16H18O6/c1-16(2)11(22-16)8-20-14-10(18-3)7-9-5-6-12(17)21-13(9)15(14)19-4/h5-7,11H,8H2,1-4H3/t11-/m1/s1. The zero-order chi connectivity index (χ0) is 15.9. The first-order chi connectivity index (χ1) is 10.5. The summed E-state index contributed by atoms with van der Waals surface area (Å²) in [6.45, 7) is 4.35. The molecule has 2 aromatic rings. The van der Waals surface area contributed by atoms with Crippen molar-refractivity contribution >= 4 is 11.0 Å². The molecule has 1 aromatic heterocycles. The van der Waals surface area contributed by atoms with E-state index in [1.165, 1.54) is 13.2 Å². The van der Waals surface area contributed by atoms with Gasteiger partial charge in [-0.05, 0) is 26.0 Å². The monoisotopic (exact) mass is 306 g/mol. The number of epoxide rings is 1. The van der Waals surface area contributed by atoms with E-state index in [9.17, 15) is 4.79 Å². The second-order valence-electron chi connectivity index (χ2n) is 5.63. The Morgan fingerprint density at radius 3 is 2.50 bits per heavy atom. The molecule has 1 aliphatic rings. The van der Waals surface area contributed by atoms with Gasteiger partial charge in [-0.1, -0.05) is 0 Å². The van der Waals surface area contributed by atoms with E-state index in [-0.39, 0.29) is 11.7 Å². The number of hydrogen-bond donors (Lipinski definition) is 0. The SMILES string of the molecule is COc1cc2ccc(=O)oc2c(OC)c1OC[C@H]1OC1(C)C. The first kappa shape index (κ1) is 14.7. The maximum atomic E-state index is 11.5. The van der Waals surface area contributed by atoms with Crippen molar-refractivity contribution in [3.63, 3.8) is 0 Å². The zero-order valence-electron chi connectivity index (χ0n) is 13.0. The van der Waals surface area contributed by atoms with E-state index >= 15 is 0 Å². The third-order valence-electron chi connectivity index (χ3n) is 3.75. The highest BCUT2D eigenvalue weighted by molar-refractivity contribution is 5.88. The van der Waals surface area contributed by atoms with Crippen molar-refractivity contribution in [2.24, 2.45) is 0 Å². The van der Waals surface area contributed by atoms with E-state index in [4.69, 9.17) is 23.4 Å². The summed E-state index contributed by atoms with van der Waals surface area (Å²) in [5.41, 5.74) is -0.292. The van der Waals surface area contributed by atoms with Crippen molar-refractivity contribution in [2.45, 2.75) is 25.6 Å². The summed E-state index contributed by atoms with van der Waals surface area (Å²) in [4.78, 5) is 11.5. The van der Waals surface area contributed by atoms with Gasteiger partial charge in [0.15, 0.2) is 11.3 Å². The highest BCUT2D eigenvalue weighted by Gasteiger charge is 2.48. The Morgan fingerprint density at radius 1 is 1.18 bits per heavy atom. The van der Waals surface area contributed by atoms with Crippen LogP contribution in [0.3, 0.4) is 0 Å². The Kier molecular flexibility index (Phi) is 3.48. The van der Waals surface area contributed by atoms with E-state index < -0.39 is 5.63 Å². The van der Waals surface area contributed by atoms with Gasteiger partial charge >= 0.3 is 5.63 Å². The van der Waals surface area contributed by atoms with Gasteiger partial charge in [0.25, 0.3) is 0 Å². The molecule has 0 bridgehead atoms. The minimum absolute atomic E-state index is 0.0143. The van der Waals surface area contributed by atoms with Crippen LogP contribution in [0.25, 0.3) is 11.0 Å². The first-order valence-corrected chi connectivity index (χ1v) is 6.95. The molecule has 3 rings (SSSR count). The van der Waals surface area contributed by atoms with E-state index in [0.717, 1.165) is 0 Å². The van der Waals surface area contributed by atoms with Crippen molar-refractivity contribution in [1.29, 1.82) is 0 Å². The molecule has 0 N–H and O–H groups in total. The van der Waals surface area contributed by atoms with Gasteiger partial charge in [-0.15, -0.1) is 0 Å². The first-order valence-electron chi connectivity index (χ1n) is 6.95. The molecule has 2 heterocycles. The highest BCUT2D eigenvalue weighted by atomic mass is 16.6. The molecular formula is C16H18O6. The van der Waals surface area contributed by atoms with Crippen molar-refractivity contribution in [3.05, 3.63) is 28.6 Å². The molecule has 1 aliphatic heterocycles. The van der Waals surface area contributed by atoms with Crippen LogP contribution < -0.4 is 19.8 Å². The maximum absolute atomic E-state index is 11.5. The minimum atomic E-state index is -0.450. The lowest BCUT2D eigenvalue weighted by Crippen LogP contribution is -2.13. The van der Waals surface area contributed by atoms with Gasteiger partial charge in [-0.2, -0.15) is 0 Å². The van der Waals surface area contributed by atoms with Crippen LogP contribution in [0.2, 0.25) is 0 Å². The van der Waals surface area contributed by atoms with Crippen molar-refractivity contribution < 1.29 is 23.4 Å². The minimum Gasteiger partial charge on any atom is -0.493 e. The van der Waals surface area contributed by atoms with Gasteiger partial charge in [0.1, 0.15) is 12.7 Å². The second-order valence-corrected chi connectivity index (χ2v) is 5.63. The molecule has 0 saturated carbocycles. The highest BCUT2D eigenvalue weighted by Crippen LogP contribution is 2.44. The fraction of sp³-hybridized carbons (Fsp3) is 0.438. The van der Waals surface area contributed by atoms with E-state index in [1.54, 1.807) is 19.2 Å². The Labute approximate surface area is 127 Å². The lowest BCUT2D eigenvalue weighted by molar-refractivity contribution is 0.236. The smallest absolute Gasteiger partial charge is 0.336 e. The fourth-order valence-electron chi connectivity index (χ4n) is 2.34. The summed E-state index contributed by atoms with van der Waals surface area (Å²) < 4.78 is 27.3. The molecule has 1 atom stereocenters. The summed E-state index contributed by atoms with van der Waals surface area (Å²) in [5, 5.41) is 0.698. The molecule has 6 heteroatoms. The molecule has 0 radical (unpaired) electrons. The third kappa shape index (κ3) is 2.50. The molecule has 118 valence electrons. The number of hydrogen-bond acceptors (Lipinski definition) is 6. The quantitative estimate of drug-likeness (QED) is 0.624. The second kappa shape index (κ2) is 5.21. The molecule has 1 saturated heterocycles. The lowest BCUT2D eigenvalue weighted by atomic mass is 10.1. The van der Waals surface area contributed by atoms with Crippen LogP contribution in [-0.4, -0.2) is 32.5 Å². The molecule has 0 amide bonds. The number of rotatable bonds is 5.